The zero-order chi connectivity index (χ0) is 17.5. The molecule has 1 amide bonds. The van der Waals surface area contributed by atoms with Crippen LogP contribution in [-0.2, 0) is 10.2 Å². The number of nitrogens with two attached hydrogens (primary N) is 1. The Morgan fingerprint density at radius 1 is 1.21 bits per heavy atom. The Labute approximate surface area is 145 Å². The number of hydrogen-bond acceptors (Lipinski definition) is 3. The van der Waals surface area contributed by atoms with Crippen LogP contribution in [0.2, 0.25) is 0 Å². The van der Waals surface area contributed by atoms with Crippen molar-refractivity contribution in [2.45, 2.75) is 76.9 Å². The van der Waals surface area contributed by atoms with Crippen LogP contribution in [0.15, 0.2) is 18.2 Å². The molecule has 1 fully saturated rings. The second-order valence-corrected chi connectivity index (χ2v) is 8.16. The van der Waals surface area contributed by atoms with Crippen LogP contribution in [0.5, 0.6) is 0 Å². The number of ether oxygens (including phenoxy) is 1. The summed E-state index contributed by atoms with van der Waals surface area (Å²) < 4.78 is 5.11. The largest absolute Gasteiger partial charge is 0.446 e. The second-order valence-electron chi connectivity index (χ2n) is 8.16. The van der Waals surface area contributed by atoms with Gasteiger partial charge in [0.1, 0.15) is 6.10 Å². The highest BCUT2D eigenvalue weighted by molar-refractivity contribution is 5.64. The van der Waals surface area contributed by atoms with Gasteiger partial charge in [0.2, 0.25) is 0 Å². The SMILES string of the molecule is CC1c2cc(NC3CCC(OC(N)=O)CC3)ccc2C(C)(C)C1C. The highest BCUT2D eigenvalue weighted by atomic mass is 16.6. The number of amides is 1. The van der Waals surface area contributed by atoms with E-state index in [0.717, 1.165) is 25.7 Å². The molecule has 0 bridgehead atoms. The van der Waals surface area contributed by atoms with Crippen molar-refractivity contribution in [1.82, 2.24) is 0 Å². The number of carbonyl (C=O) groups is 1. The van der Waals surface area contributed by atoms with E-state index in [-0.39, 0.29) is 11.5 Å². The van der Waals surface area contributed by atoms with Crippen molar-refractivity contribution in [2.75, 3.05) is 5.32 Å². The highest BCUT2D eigenvalue weighted by Crippen LogP contribution is 2.50. The fourth-order valence-electron chi connectivity index (χ4n) is 4.48. The number of fused-ring (bicyclic) bond motifs is 1. The molecule has 4 nitrogen and oxygen atoms in total. The van der Waals surface area contributed by atoms with Gasteiger partial charge in [-0.2, -0.15) is 0 Å². The molecule has 2 aliphatic carbocycles. The molecule has 0 aromatic heterocycles. The third-order valence-electron chi connectivity index (χ3n) is 6.45. The van der Waals surface area contributed by atoms with Gasteiger partial charge in [-0.1, -0.05) is 33.8 Å². The van der Waals surface area contributed by atoms with E-state index in [9.17, 15) is 4.79 Å². The Balaban J connectivity index is 1.65. The summed E-state index contributed by atoms with van der Waals surface area (Å²) in [5.74, 6) is 1.25. The Hall–Kier alpha value is -1.71. The molecule has 0 spiro atoms. The third kappa shape index (κ3) is 3.11. The summed E-state index contributed by atoms with van der Waals surface area (Å²) in [5, 5.41) is 3.68. The van der Waals surface area contributed by atoms with Crippen LogP contribution in [0.25, 0.3) is 0 Å². The number of carbonyl (C=O) groups excluding carboxylic acids is 1. The number of hydrogen-bond donors (Lipinski definition) is 2. The zero-order valence-corrected chi connectivity index (χ0v) is 15.3. The lowest BCUT2D eigenvalue weighted by molar-refractivity contribution is 0.0806. The van der Waals surface area contributed by atoms with Gasteiger partial charge in [-0.25, -0.2) is 4.79 Å². The standard InChI is InChI=1S/C20H30N2O2/c1-12-13(2)20(3,4)18-10-7-15(11-17(12)18)22-14-5-8-16(9-6-14)24-19(21)23/h7,10-14,16,22H,5-6,8-9H2,1-4H3,(H2,21,23). The highest BCUT2D eigenvalue weighted by Gasteiger charge is 2.41. The van der Waals surface area contributed by atoms with Crippen molar-refractivity contribution in [1.29, 1.82) is 0 Å². The van der Waals surface area contributed by atoms with E-state index in [1.807, 2.05) is 0 Å². The fourth-order valence-corrected chi connectivity index (χ4v) is 4.48. The zero-order valence-electron chi connectivity index (χ0n) is 15.3. The van der Waals surface area contributed by atoms with E-state index in [1.54, 1.807) is 0 Å². The van der Waals surface area contributed by atoms with Gasteiger partial charge in [-0.3, -0.25) is 0 Å². The first-order chi connectivity index (χ1) is 11.3. The normalized spacial score (nSPS) is 31.3. The van der Waals surface area contributed by atoms with Crippen molar-refractivity contribution in [3.05, 3.63) is 29.3 Å². The van der Waals surface area contributed by atoms with Crippen LogP contribution in [0.4, 0.5) is 10.5 Å². The number of benzene rings is 1. The third-order valence-corrected chi connectivity index (χ3v) is 6.45. The number of anilines is 1. The van der Waals surface area contributed by atoms with Crippen LogP contribution >= 0.6 is 0 Å². The molecule has 1 saturated carbocycles. The Bertz CT molecular complexity index is 618. The fraction of sp³-hybridized carbons (Fsp3) is 0.650. The minimum Gasteiger partial charge on any atom is -0.446 e. The molecule has 1 aromatic carbocycles. The first kappa shape index (κ1) is 17.1. The Morgan fingerprint density at radius 2 is 1.88 bits per heavy atom. The molecule has 3 rings (SSSR count). The monoisotopic (exact) mass is 330 g/mol. The van der Waals surface area contributed by atoms with Gasteiger partial charge < -0.3 is 15.8 Å². The number of rotatable bonds is 3. The predicted molar refractivity (Wildman–Crippen MR) is 97.4 cm³/mol. The number of nitrogens with one attached hydrogen (secondary N) is 1. The summed E-state index contributed by atoms with van der Waals surface area (Å²) in [4.78, 5) is 10.8. The summed E-state index contributed by atoms with van der Waals surface area (Å²) in [6.45, 7) is 9.41. The van der Waals surface area contributed by atoms with Crippen LogP contribution < -0.4 is 11.1 Å². The smallest absolute Gasteiger partial charge is 0.404 e. The van der Waals surface area contributed by atoms with Crippen LogP contribution in [0, 0.1) is 5.92 Å². The predicted octanol–water partition coefficient (Wildman–Crippen LogP) is 4.54. The summed E-state index contributed by atoms with van der Waals surface area (Å²) in [6, 6.07) is 7.31. The van der Waals surface area contributed by atoms with E-state index >= 15 is 0 Å². The molecule has 0 aliphatic heterocycles. The van der Waals surface area contributed by atoms with Gasteiger partial charge in [0.05, 0.1) is 0 Å². The topological polar surface area (TPSA) is 64.3 Å². The van der Waals surface area contributed by atoms with Gasteiger partial charge in [0.25, 0.3) is 0 Å². The average molecular weight is 330 g/mol. The van der Waals surface area contributed by atoms with Gasteiger partial charge in [-0.15, -0.1) is 0 Å². The molecular formula is C20H30N2O2. The van der Waals surface area contributed by atoms with Crippen molar-refractivity contribution < 1.29 is 9.53 Å². The van der Waals surface area contributed by atoms with E-state index in [1.165, 1.54) is 16.8 Å². The lowest BCUT2D eigenvalue weighted by Crippen LogP contribution is -2.32. The van der Waals surface area contributed by atoms with Gasteiger partial charge in [0, 0.05) is 11.7 Å². The lowest BCUT2D eigenvalue weighted by atomic mass is 9.78. The maximum atomic E-state index is 10.8. The minimum absolute atomic E-state index is 0.0118. The maximum Gasteiger partial charge on any atom is 0.404 e. The molecule has 132 valence electrons. The molecule has 2 unspecified atom stereocenters. The van der Waals surface area contributed by atoms with E-state index in [4.69, 9.17) is 10.5 Å². The second kappa shape index (κ2) is 6.30. The molecule has 3 N–H and O–H groups in total. The van der Waals surface area contributed by atoms with E-state index in [0.29, 0.717) is 17.9 Å². The molecule has 0 heterocycles. The molecule has 1 aromatic rings. The quantitative estimate of drug-likeness (QED) is 0.855. The van der Waals surface area contributed by atoms with E-state index < -0.39 is 6.09 Å². The molecule has 2 atom stereocenters. The van der Waals surface area contributed by atoms with Gasteiger partial charge in [-0.05, 0) is 66.2 Å². The van der Waals surface area contributed by atoms with Gasteiger partial charge >= 0.3 is 6.09 Å². The first-order valence-electron chi connectivity index (χ1n) is 9.16. The van der Waals surface area contributed by atoms with Crippen LogP contribution in [-0.4, -0.2) is 18.2 Å². The summed E-state index contributed by atoms with van der Waals surface area (Å²) in [7, 11) is 0. The first-order valence-corrected chi connectivity index (χ1v) is 9.16. The Morgan fingerprint density at radius 3 is 2.50 bits per heavy atom. The van der Waals surface area contributed by atoms with Crippen molar-refractivity contribution >= 4 is 11.8 Å². The molecule has 2 aliphatic rings. The summed E-state index contributed by atoms with van der Waals surface area (Å²) in [5.41, 5.74) is 9.54. The molecule has 24 heavy (non-hydrogen) atoms. The molecule has 0 saturated heterocycles. The van der Waals surface area contributed by atoms with Crippen LogP contribution in [0.3, 0.4) is 0 Å². The minimum atomic E-state index is -0.657. The van der Waals surface area contributed by atoms with Crippen molar-refractivity contribution in [2.24, 2.45) is 11.7 Å². The molecule has 0 radical (unpaired) electrons. The average Bonchev–Trinajstić information content (AvgIpc) is 2.70. The Kier molecular flexibility index (Phi) is 4.50. The maximum absolute atomic E-state index is 10.8. The lowest BCUT2D eigenvalue weighted by Gasteiger charge is -2.29. The summed E-state index contributed by atoms with van der Waals surface area (Å²) >= 11 is 0. The molecule has 4 heteroatoms. The van der Waals surface area contributed by atoms with Crippen molar-refractivity contribution in [3.8, 4) is 0 Å². The van der Waals surface area contributed by atoms with Crippen molar-refractivity contribution in [3.63, 3.8) is 0 Å². The van der Waals surface area contributed by atoms with E-state index in [2.05, 4.69) is 51.2 Å². The summed E-state index contributed by atoms with van der Waals surface area (Å²) in [6.07, 6.45) is 3.11. The number of primary amides is 1. The van der Waals surface area contributed by atoms with Gasteiger partial charge in [0.15, 0.2) is 0 Å². The molecular weight excluding hydrogens is 300 g/mol. The van der Waals surface area contributed by atoms with Crippen LogP contribution in [0.1, 0.15) is 70.4 Å².